The number of carbonyl (C=O) groups is 2. The average molecular weight is 455 g/mol. The van der Waals surface area contributed by atoms with Gasteiger partial charge >= 0.3 is 6.03 Å². The van der Waals surface area contributed by atoms with Crippen LogP contribution in [0.1, 0.15) is 5.56 Å². The molecule has 1 heterocycles. The number of nitrogens with one attached hydrogen (secondary N) is 1. The van der Waals surface area contributed by atoms with Gasteiger partial charge in [0, 0.05) is 5.02 Å². The number of methoxy groups -OCH3 is 1. The van der Waals surface area contributed by atoms with Crippen LogP contribution in [0.5, 0.6) is 5.75 Å². The van der Waals surface area contributed by atoms with E-state index in [0.717, 1.165) is 19.8 Å². The van der Waals surface area contributed by atoms with Crippen LogP contribution in [0.4, 0.5) is 10.5 Å². The van der Waals surface area contributed by atoms with E-state index >= 15 is 0 Å². The zero-order valence-corrected chi connectivity index (χ0v) is 15.5. The van der Waals surface area contributed by atoms with Crippen LogP contribution >= 0.6 is 34.2 Å². The van der Waals surface area contributed by atoms with E-state index in [-0.39, 0.29) is 5.70 Å². The summed E-state index contributed by atoms with van der Waals surface area (Å²) in [6, 6.07) is 11.6. The molecule has 0 saturated carbocycles. The van der Waals surface area contributed by atoms with Gasteiger partial charge in [-0.2, -0.15) is 0 Å². The van der Waals surface area contributed by atoms with Gasteiger partial charge in [-0.25, -0.2) is 9.69 Å². The molecule has 1 saturated heterocycles. The molecule has 2 aromatic carbocycles. The molecule has 1 aliphatic rings. The highest BCUT2D eigenvalue weighted by Crippen LogP contribution is 2.26. The maximum Gasteiger partial charge on any atom is 0.333 e. The highest BCUT2D eigenvalue weighted by molar-refractivity contribution is 14.1. The number of halogens is 2. The number of anilines is 1. The molecular formula is C17H12ClIN2O3. The van der Waals surface area contributed by atoms with E-state index in [0.29, 0.717) is 10.7 Å². The number of amides is 3. The number of imide groups is 1. The summed E-state index contributed by atoms with van der Waals surface area (Å²) in [6.45, 7) is 0. The molecular weight excluding hydrogens is 443 g/mol. The molecule has 3 amide bonds. The van der Waals surface area contributed by atoms with Gasteiger partial charge in [0.15, 0.2) is 0 Å². The molecule has 122 valence electrons. The SMILES string of the molecule is COc1ccc(/C=C2/NC(=O)N(c3cccc(Cl)c3)C2=O)cc1I. The van der Waals surface area contributed by atoms with Crippen molar-refractivity contribution in [3.8, 4) is 5.75 Å². The van der Waals surface area contributed by atoms with Crippen LogP contribution in [0, 0.1) is 3.57 Å². The Bertz CT molecular complexity index is 867. The summed E-state index contributed by atoms with van der Waals surface area (Å²) in [5.74, 6) is 0.327. The summed E-state index contributed by atoms with van der Waals surface area (Å²) in [7, 11) is 1.60. The van der Waals surface area contributed by atoms with Crippen LogP contribution in [0.3, 0.4) is 0 Å². The van der Waals surface area contributed by atoms with Crippen molar-refractivity contribution >= 4 is 57.9 Å². The lowest BCUT2D eigenvalue weighted by Crippen LogP contribution is -2.30. The predicted molar refractivity (Wildman–Crippen MR) is 101 cm³/mol. The maximum absolute atomic E-state index is 12.5. The lowest BCUT2D eigenvalue weighted by Gasteiger charge is -2.11. The van der Waals surface area contributed by atoms with Crippen LogP contribution in [0.15, 0.2) is 48.2 Å². The second-order valence-electron chi connectivity index (χ2n) is 5.00. The highest BCUT2D eigenvalue weighted by Gasteiger charge is 2.34. The Kier molecular flexibility index (Phi) is 4.77. The molecule has 7 heteroatoms. The van der Waals surface area contributed by atoms with Crippen molar-refractivity contribution in [2.24, 2.45) is 0 Å². The summed E-state index contributed by atoms with van der Waals surface area (Å²) in [4.78, 5) is 25.8. The quantitative estimate of drug-likeness (QED) is 0.432. The Labute approximate surface area is 157 Å². The molecule has 1 N–H and O–H groups in total. The summed E-state index contributed by atoms with van der Waals surface area (Å²) < 4.78 is 6.12. The van der Waals surface area contributed by atoms with Crippen molar-refractivity contribution < 1.29 is 14.3 Å². The molecule has 0 unspecified atom stereocenters. The van der Waals surface area contributed by atoms with Gasteiger partial charge in [-0.1, -0.05) is 23.7 Å². The molecule has 0 aliphatic carbocycles. The van der Waals surface area contributed by atoms with Gasteiger partial charge in [-0.3, -0.25) is 4.79 Å². The van der Waals surface area contributed by atoms with Crippen LogP contribution in [0.2, 0.25) is 5.02 Å². The fraction of sp³-hybridized carbons (Fsp3) is 0.0588. The van der Waals surface area contributed by atoms with Gasteiger partial charge in [0.05, 0.1) is 16.4 Å². The number of urea groups is 1. The standard InChI is InChI=1S/C17H12ClIN2O3/c1-24-15-6-5-10(7-13(15)19)8-14-16(22)21(17(23)20-14)12-4-2-3-11(18)9-12/h2-9H,1H3,(H,20,23)/b14-8+. The molecule has 2 aromatic rings. The normalized spacial score (nSPS) is 15.8. The van der Waals surface area contributed by atoms with E-state index in [1.807, 2.05) is 18.2 Å². The topological polar surface area (TPSA) is 58.6 Å². The van der Waals surface area contributed by atoms with Gasteiger partial charge in [0.25, 0.3) is 5.91 Å². The second kappa shape index (κ2) is 6.82. The number of hydrogen-bond acceptors (Lipinski definition) is 3. The zero-order chi connectivity index (χ0) is 17.3. The number of carbonyl (C=O) groups excluding carboxylic acids is 2. The first-order valence-corrected chi connectivity index (χ1v) is 8.41. The summed E-state index contributed by atoms with van der Waals surface area (Å²) in [5, 5.41) is 3.04. The Hall–Kier alpha value is -2.06. The minimum Gasteiger partial charge on any atom is -0.496 e. The molecule has 24 heavy (non-hydrogen) atoms. The minimum atomic E-state index is -0.503. The predicted octanol–water partition coefficient (Wildman–Crippen LogP) is 4.05. The van der Waals surface area contributed by atoms with E-state index in [9.17, 15) is 9.59 Å². The van der Waals surface area contributed by atoms with Crippen molar-refractivity contribution in [3.05, 3.63) is 62.3 Å². The number of nitrogens with zero attached hydrogens (tertiary/aromatic N) is 1. The molecule has 0 atom stereocenters. The maximum atomic E-state index is 12.5. The number of rotatable bonds is 3. The van der Waals surface area contributed by atoms with Gasteiger partial charge in [-0.15, -0.1) is 0 Å². The van der Waals surface area contributed by atoms with Crippen LogP contribution in [-0.2, 0) is 4.79 Å². The Morgan fingerprint density at radius 2 is 2.00 bits per heavy atom. The minimum absolute atomic E-state index is 0.209. The second-order valence-corrected chi connectivity index (χ2v) is 6.60. The summed E-state index contributed by atoms with van der Waals surface area (Å²) >= 11 is 8.08. The third-order valence-electron chi connectivity index (χ3n) is 3.43. The first kappa shape index (κ1) is 16.8. The van der Waals surface area contributed by atoms with Crippen LogP contribution in [0.25, 0.3) is 6.08 Å². The lowest BCUT2D eigenvalue weighted by molar-refractivity contribution is -0.113. The zero-order valence-electron chi connectivity index (χ0n) is 12.5. The van der Waals surface area contributed by atoms with Crippen LogP contribution < -0.4 is 15.0 Å². The van der Waals surface area contributed by atoms with Gasteiger partial charge in [0.2, 0.25) is 0 Å². The molecule has 0 bridgehead atoms. The first-order chi connectivity index (χ1) is 11.5. The number of ether oxygens (including phenoxy) is 1. The molecule has 1 aliphatic heterocycles. The number of hydrogen-bond donors (Lipinski definition) is 1. The van der Waals surface area contributed by atoms with Gasteiger partial charge in [-0.05, 0) is 64.6 Å². The lowest BCUT2D eigenvalue weighted by atomic mass is 10.2. The van der Waals surface area contributed by atoms with Crippen molar-refractivity contribution in [2.45, 2.75) is 0 Å². The Morgan fingerprint density at radius 1 is 1.21 bits per heavy atom. The third kappa shape index (κ3) is 3.25. The van der Waals surface area contributed by atoms with E-state index < -0.39 is 11.9 Å². The molecule has 3 rings (SSSR count). The largest absolute Gasteiger partial charge is 0.496 e. The average Bonchev–Trinajstić information content (AvgIpc) is 2.81. The molecule has 5 nitrogen and oxygen atoms in total. The summed E-state index contributed by atoms with van der Waals surface area (Å²) in [5.41, 5.74) is 1.43. The van der Waals surface area contributed by atoms with Crippen molar-refractivity contribution in [1.82, 2.24) is 5.32 Å². The molecule has 0 radical (unpaired) electrons. The fourth-order valence-corrected chi connectivity index (χ4v) is 3.27. The molecule has 0 aromatic heterocycles. The monoisotopic (exact) mass is 454 g/mol. The smallest absolute Gasteiger partial charge is 0.333 e. The Morgan fingerprint density at radius 3 is 2.67 bits per heavy atom. The van der Waals surface area contributed by atoms with E-state index in [1.165, 1.54) is 0 Å². The molecule has 0 spiro atoms. The first-order valence-electron chi connectivity index (χ1n) is 6.96. The number of benzene rings is 2. The van der Waals surface area contributed by atoms with Gasteiger partial charge in [0.1, 0.15) is 11.4 Å². The van der Waals surface area contributed by atoms with Crippen molar-refractivity contribution in [2.75, 3.05) is 12.0 Å². The van der Waals surface area contributed by atoms with Crippen molar-refractivity contribution in [1.29, 1.82) is 0 Å². The van der Waals surface area contributed by atoms with E-state index in [1.54, 1.807) is 37.5 Å². The third-order valence-corrected chi connectivity index (χ3v) is 4.51. The van der Waals surface area contributed by atoms with E-state index in [4.69, 9.17) is 16.3 Å². The van der Waals surface area contributed by atoms with Crippen molar-refractivity contribution in [3.63, 3.8) is 0 Å². The Balaban J connectivity index is 1.92. The highest BCUT2D eigenvalue weighted by atomic mass is 127. The van der Waals surface area contributed by atoms with E-state index in [2.05, 4.69) is 27.9 Å². The van der Waals surface area contributed by atoms with Crippen LogP contribution in [-0.4, -0.2) is 19.0 Å². The molecule has 1 fully saturated rings. The summed E-state index contributed by atoms with van der Waals surface area (Å²) in [6.07, 6.45) is 1.63. The van der Waals surface area contributed by atoms with Gasteiger partial charge < -0.3 is 10.1 Å². The fourth-order valence-electron chi connectivity index (χ4n) is 2.32.